The summed E-state index contributed by atoms with van der Waals surface area (Å²) in [7, 11) is 0. The number of rotatable bonds is 7. The molecule has 1 aromatic heterocycles. The highest BCUT2D eigenvalue weighted by Crippen LogP contribution is 2.54. The average molecular weight is 443 g/mol. The highest BCUT2D eigenvalue weighted by molar-refractivity contribution is 8.00. The minimum atomic E-state index is -1.28. The minimum Gasteiger partial charge on any atom is -0.548 e. The number of nitrogens with one attached hydrogen (secondary N) is 1. The standard InChI is InChI=1S/C21H21N3O6S/c25-10-7-15-19(27)24-16(21(28)29)17(31-20(15)24)13-3-1-12(2-4-13)11-23-8-5-14(6-9-23)18(26)22-30/h1-6,8-9,15-17,20,25H,7,10-11H2,(H2-,22,26,28,29,30)/t15-,16?,17?,20+/m0/s1. The maximum atomic E-state index is 12.3. The Bertz CT molecular complexity index is 997. The molecule has 2 fully saturated rings. The Morgan fingerprint density at radius 2 is 1.84 bits per heavy atom. The third-order valence-corrected chi connectivity index (χ3v) is 7.33. The molecule has 0 spiro atoms. The SMILES string of the molecule is O=C(NO)c1cc[n+](Cc2ccc(C3S[C@@H]4[C@@H](CCO)C(=O)N4C3C(=O)[O-])cc2)cc1. The molecule has 4 rings (SSSR count). The molecule has 1 aromatic carbocycles. The minimum absolute atomic E-state index is 0.111. The molecule has 0 aliphatic carbocycles. The molecule has 2 aromatic rings. The van der Waals surface area contributed by atoms with Crippen LogP contribution in [0.3, 0.4) is 0 Å². The number of benzene rings is 1. The Hall–Kier alpha value is -2.95. The van der Waals surface area contributed by atoms with Gasteiger partial charge >= 0.3 is 0 Å². The Kier molecular flexibility index (Phi) is 5.94. The van der Waals surface area contributed by atoms with E-state index in [0.717, 1.165) is 11.1 Å². The fourth-order valence-electron chi connectivity index (χ4n) is 4.08. The summed E-state index contributed by atoms with van der Waals surface area (Å²) < 4.78 is 1.86. The highest BCUT2D eigenvalue weighted by Gasteiger charge is 2.58. The summed E-state index contributed by atoms with van der Waals surface area (Å²) >= 11 is 1.43. The van der Waals surface area contributed by atoms with E-state index >= 15 is 0 Å². The van der Waals surface area contributed by atoms with Gasteiger partial charge in [-0.05, 0) is 12.0 Å². The molecule has 3 heterocycles. The van der Waals surface area contributed by atoms with Crippen molar-refractivity contribution in [2.75, 3.05) is 6.61 Å². The molecule has 2 unspecified atom stereocenters. The number of carboxylic acids is 1. The number of aliphatic hydroxyl groups excluding tert-OH is 1. The van der Waals surface area contributed by atoms with E-state index in [2.05, 4.69) is 0 Å². The third-order valence-electron chi connectivity index (χ3n) is 5.67. The molecule has 162 valence electrons. The summed E-state index contributed by atoms with van der Waals surface area (Å²) in [6, 6.07) is 9.65. The molecule has 2 saturated heterocycles. The smallest absolute Gasteiger partial charge is 0.275 e. The van der Waals surface area contributed by atoms with Crippen molar-refractivity contribution in [2.24, 2.45) is 5.92 Å². The maximum absolute atomic E-state index is 12.3. The predicted octanol–water partition coefficient (Wildman–Crippen LogP) is -0.785. The molecule has 3 N–H and O–H groups in total. The molecule has 31 heavy (non-hydrogen) atoms. The number of nitrogens with zero attached hydrogens (tertiary/aromatic N) is 2. The van der Waals surface area contributed by atoms with E-state index in [1.165, 1.54) is 16.7 Å². The van der Waals surface area contributed by atoms with Crippen LogP contribution in [0.2, 0.25) is 0 Å². The fraction of sp³-hybridized carbons (Fsp3) is 0.333. The molecule has 9 nitrogen and oxygen atoms in total. The fourth-order valence-corrected chi connectivity index (χ4v) is 5.90. The van der Waals surface area contributed by atoms with Crippen LogP contribution >= 0.6 is 11.8 Å². The van der Waals surface area contributed by atoms with Gasteiger partial charge in [0.1, 0.15) is 0 Å². The normalized spacial score (nSPS) is 24.5. The van der Waals surface area contributed by atoms with Gasteiger partial charge in [-0.2, -0.15) is 0 Å². The van der Waals surface area contributed by atoms with Crippen LogP contribution in [0, 0.1) is 5.92 Å². The number of pyridine rings is 1. The van der Waals surface area contributed by atoms with Crippen LogP contribution in [0.25, 0.3) is 0 Å². The number of thioether (sulfide) groups is 1. The van der Waals surface area contributed by atoms with Gasteiger partial charge in [-0.3, -0.25) is 14.8 Å². The van der Waals surface area contributed by atoms with Gasteiger partial charge in [-0.15, -0.1) is 11.8 Å². The Morgan fingerprint density at radius 3 is 2.42 bits per heavy atom. The summed E-state index contributed by atoms with van der Waals surface area (Å²) in [6.45, 7) is 0.425. The molecular weight excluding hydrogens is 422 g/mol. The second-order valence-electron chi connectivity index (χ2n) is 7.52. The summed E-state index contributed by atoms with van der Waals surface area (Å²) in [5, 5.41) is 28.9. The number of hydrogen-bond donors (Lipinski definition) is 3. The van der Waals surface area contributed by atoms with Crippen molar-refractivity contribution in [3.05, 3.63) is 65.5 Å². The monoisotopic (exact) mass is 443 g/mol. The van der Waals surface area contributed by atoms with Crippen molar-refractivity contribution >= 4 is 29.5 Å². The number of aromatic nitrogens is 1. The van der Waals surface area contributed by atoms with E-state index in [-0.39, 0.29) is 23.8 Å². The van der Waals surface area contributed by atoms with Gasteiger partial charge in [-0.25, -0.2) is 10.0 Å². The number of carbonyl (C=O) groups is 3. The van der Waals surface area contributed by atoms with Crippen molar-refractivity contribution in [1.29, 1.82) is 0 Å². The van der Waals surface area contributed by atoms with Crippen LogP contribution < -0.4 is 15.2 Å². The first-order chi connectivity index (χ1) is 14.9. The Balaban J connectivity index is 1.48. The van der Waals surface area contributed by atoms with Crippen molar-refractivity contribution in [1.82, 2.24) is 10.4 Å². The van der Waals surface area contributed by atoms with Crippen LogP contribution in [0.4, 0.5) is 0 Å². The molecule has 10 heteroatoms. The average Bonchev–Trinajstić information content (AvgIpc) is 3.14. The zero-order valence-electron chi connectivity index (χ0n) is 16.4. The van der Waals surface area contributed by atoms with E-state index in [4.69, 9.17) is 10.3 Å². The van der Waals surface area contributed by atoms with Gasteiger partial charge in [0.05, 0.1) is 34.1 Å². The highest BCUT2D eigenvalue weighted by atomic mass is 32.2. The van der Waals surface area contributed by atoms with Gasteiger partial charge in [0.15, 0.2) is 18.9 Å². The summed E-state index contributed by atoms with van der Waals surface area (Å²) in [4.78, 5) is 36.9. The zero-order chi connectivity index (χ0) is 22.1. The van der Waals surface area contributed by atoms with Crippen molar-refractivity contribution in [3.8, 4) is 0 Å². The molecule has 2 aliphatic rings. The third kappa shape index (κ3) is 3.89. The van der Waals surface area contributed by atoms with E-state index in [1.54, 1.807) is 30.0 Å². The lowest BCUT2D eigenvalue weighted by molar-refractivity contribution is -0.688. The van der Waals surface area contributed by atoms with Crippen LogP contribution in [0.1, 0.15) is 33.2 Å². The number of β-lactam (4-membered cyclic amide) rings is 1. The van der Waals surface area contributed by atoms with E-state index in [0.29, 0.717) is 18.5 Å². The van der Waals surface area contributed by atoms with Gasteiger partial charge in [0.2, 0.25) is 5.91 Å². The number of aliphatic hydroxyl groups is 1. The van der Waals surface area contributed by atoms with E-state index in [9.17, 15) is 19.5 Å². The number of hydrogen-bond acceptors (Lipinski definition) is 7. The van der Waals surface area contributed by atoms with Crippen molar-refractivity contribution in [2.45, 2.75) is 29.6 Å². The first-order valence-electron chi connectivity index (χ1n) is 9.76. The van der Waals surface area contributed by atoms with Crippen LogP contribution in [-0.4, -0.2) is 51.0 Å². The number of fused-ring (bicyclic) bond motifs is 1. The number of amides is 2. The van der Waals surface area contributed by atoms with Crippen LogP contribution in [0.5, 0.6) is 0 Å². The quantitative estimate of drug-likeness (QED) is 0.221. The van der Waals surface area contributed by atoms with Crippen molar-refractivity contribution in [3.63, 3.8) is 0 Å². The zero-order valence-corrected chi connectivity index (χ0v) is 17.2. The first kappa shape index (κ1) is 21.3. The lowest BCUT2D eigenvalue weighted by Crippen LogP contribution is -2.63. The Morgan fingerprint density at radius 1 is 1.16 bits per heavy atom. The second kappa shape index (κ2) is 8.66. The molecule has 4 atom stereocenters. The van der Waals surface area contributed by atoms with Gasteiger partial charge in [0.25, 0.3) is 5.91 Å². The number of carbonyl (C=O) groups excluding carboxylic acids is 3. The summed E-state index contributed by atoms with van der Waals surface area (Å²) in [5.74, 6) is -2.46. The van der Waals surface area contributed by atoms with Gasteiger partial charge in [-0.1, -0.05) is 24.3 Å². The molecular formula is C21H21N3O6S. The molecule has 0 saturated carbocycles. The lowest BCUT2D eigenvalue weighted by atomic mass is 9.91. The van der Waals surface area contributed by atoms with Crippen LogP contribution in [0.15, 0.2) is 48.8 Å². The molecule has 0 radical (unpaired) electrons. The second-order valence-corrected chi connectivity index (χ2v) is 8.78. The van der Waals surface area contributed by atoms with Gasteiger partial charge in [0, 0.05) is 24.3 Å². The van der Waals surface area contributed by atoms with E-state index < -0.39 is 23.2 Å². The number of hydroxylamine groups is 1. The van der Waals surface area contributed by atoms with Crippen molar-refractivity contribution < 1.29 is 34.4 Å². The topological polar surface area (TPSA) is 134 Å². The predicted molar refractivity (Wildman–Crippen MR) is 106 cm³/mol. The summed E-state index contributed by atoms with van der Waals surface area (Å²) in [5.41, 5.74) is 3.69. The first-order valence-corrected chi connectivity index (χ1v) is 10.7. The number of aliphatic carboxylic acids is 1. The largest absolute Gasteiger partial charge is 0.548 e. The molecule has 0 bridgehead atoms. The molecule has 2 aliphatic heterocycles. The molecule has 2 amide bonds. The maximum Gasteiger partial charge on any atom is 0.275 e. The van der Waals surface area contributed by atoms with Gasteiger partial charge < -0.3 is 19.9 Å². The number of carboxylic acid groups (broad SMARTS) is 1. The summed E-state index contributed by atoms with van der Waals surface area (Å²) in [6.07, 6.45) is 3.76. The lowest BCUT2D eigenvalue weighted by Gasteiger charge is -2.44. The van der Waals surface area contributed by atoms with E-state index in [1.807, 2.05) is 28.8 Å². The Labute approximate surface area is 182 Å². The van der Waals surface area contributed by atoms with Crippen LogP contribution in [-0.2, 0) is 16.1 Å².